The van der Waals surface area contributed by atoms with E-state index in [1.165, 1.54) is 12.1 Å². The number of carbonyl (C=O) groups excluding carboxylic acids is 1. The number of aryl methyl sites for hydroxylation is 1. The Morgan fingerprint density at radius 2 is 1.84 bits per heavy atom. The summed E-state index contributed by atoms with van der Waals surface area (Å²) in [6.07, 6.45) is 0.377. The predicted octanol–water partition coefficient (Wildman–Crippen LogP) is 4.41. The lowest BCUT2D eigenvalue weighted by atomic mass is 10.0. The second-order valence-corrected chi connectivity index (χ2v) is 5.60. The van der Waals surface area contributed by atoms with E-state index in [0.29, 0.717) is 12.2 Å². The van der Waals surface area contributed by atoms with Crippen LogP contribution in [0.2, 0.25) is 0 Å². The van der Waals surface area contributed by atoms with Crippen molar-refractivity contribution < 1.29 is 23.1 Å². The first-order valence-corrected chi connectivity index (χ1v) is 7.56. The molecule has 128 valence electrons. The molecule has 0 fully saturated rings. The van der Waals surface area contributed by atoms with Gasteiger partial charge in [-0.15, -0.1) is 0 Å². The van der Waals surface area contributed by atoms with Crippen LogP contribution in [0.15, 0.2) is 52.9 Å². The van der Waals surface area contributed by atoms with Crippen molar-refractivity contribution in [2.24, 2.45) is 0 Å². The van der Waals surface area contributed by atoms with E-state index in [1.807, 2.05) is 6.92 Å². The molecule has 2 N–H and O–H groups in total. The summed E-state index contributed by atoms with van der Waals surface area (Å²) in [4.78, 5) is 12.1. The Balaban J connectivity index is 1.77. The molecule has 0 atom stereocenters. The molecule has 4 nitrogen and oxygen atoms in total. The minimum absolute atomic E-state index is 0.0598. The highest BCUT2D eigenvalue weighted by Gasteiger charge is 2.16. The Hall–Kier alpha value is -3.15. The molecule has 25 heavy (non-hydrogen) atoms. The molecule has 0 radical (unpaired) electrons. The maximum Gasteiger partial charge on any atom is 0.291 e. The number of phenolic OH excluding ortho intramolecular Hbond substituents is 1. The monoisotopic (exact) mass is 343 g/mol. The molecule has 0 spiro atoms. The summed E-state index contributed by atoms with van der Waals surface area (Å²) < 4.78 is 32.6. The zero-order chi connectivity index (χ0) is 18.0. The first kappa shape index (κ1) is 16.7. The molecule has 0 aliphatic heterocycles. The zero-order valence-electron chi connectivity index (χ0n) is 13.3. The van der Waals surface area contributed by atoms with Crippen molar-refractivity contribution >= 4 is 11.6 Å². The lowest BCUT2D eigenvalue weighted by molar-refractivity contribution is 0.0994. The standard InChI is InChI=1S/C19H15F2NO3/c1-11-5-6-13(23)9-12(11)10-14-7-8-17(25-14)19(24)22-18-15(20)3-2-4-16(18)21/h2-9,23H,10H2,1H3,(H,22,24). The molecule has 1 amide bonds. The molecule has 2 aromatic carbocycles. The van der Waals surface area contributed by atoms with Gasteiger partial charge in [0.1, 0.15) is 28.8 Å². The van der Waals surface area contributed by atoms with Crippen LogP contribution >= 0.6 is 0 Å². The number of rotatable bonds is 4. The number of halogens is 2. The van der Waals surface area contributed by atoms with Crippen LogP contribution in [0, 0.1) is 18.6 Å². The third-order valence-corrected chi connectivity index (χ3v) is 3.78. The molecule has 3 rings (SSSR count). The molecule has 0 aliphatic carbocycles. The summed E-state index contributed by atoms with van der Waals surface area (Å²) in [5, 5.41) is 11.7. The largest absolute Gasteiger partial charge is 0.508 e. The summed E-state index contributed by atoms with van der Waals surface area (Å²) in [5.74, 6) is -1.91. The molecule has 0 saturated heterocycles. The van der Waals surface area contributed by atoms with Crippen molar-refractivity contribution in [3.8, 4) is 5.75 Å². The summed E-state index contributed by atoms with van der Waals surface area (Å²) in [6.45, 7) is 1.90. The Bertz CT molecular complexity index is 914. The second kappa shape index (κ2) is 6.76. The minimum atomic E-state index is -0.865. The Morgan fingerprint density at radius 3 is 2.56 bits per heavy atom. The van der Waals surface area contributed by atoms with Crippen LogP contribution in [-0.4, -0.2) is 11.0 Å². The topological polar surface area (TPSA) is 62.5 Å². The molecule has 1 aromatic heterocycles. The van der Waals surface area contributed by atoms with Crippen molar-refractivity contribution in [2.45, 2.75) is 13.3 Å². The van der Waals surface area contributed by atoms with E-state index in [4.69, 9.17) is 4.42 Å². The van der Waals surface area contributed by atoms with E-state index in [-0.39, 0.29) is 11.5 Å². The van der Waals surface area contributed by atoms with Crippen molar-refractivity contribution in [3.63, 3.8) is 0 Å². The number of anilines is 1. The lowest BCUT2D eigenvalue weighted by Crippen LogP contribution is -2.13. The van der Waals surface area contributed by atoms with Gasteiger partial charge in [0.15, 0.2) is 5.76 Å². The van der Waals surface area contributed by atoms with Gasteiger partial charge in [-0.3, -0.25) is 4.79 Å². The third kappa shape index (κ3) is 3.68. The summed E-state index contributed by atoms with van der Waals surface area (Å²) in [5.41, 5.74) is 1.30. The van der Waals surface area contributed by atoms with Crippen molar-refractivity contribution in [1.29, 1.82) is 0 Å². The SMILES string of the molecule is Cc1ccc(O)cc1Cc1ccc(C(=O)Nc2c(F)cccc2F)o1. The van der Waals surface area contributed by atoms with Crippen LogP contribution < -0.4 is 5.32 Å². The van der Waals surface area contributed by atoms with E-state index in [9.17, 15) is 18.7 Å². The number of aromatic hydroxyl groups is 1. The number of furan rings is 1. The van der Waals surface area contributed by atoms with Gasteiger partial charge in [0.2, 0.25) is 0 Å². The Morgan fingerprint density at radius 1 is 1.12 bits per heavy atom. The third-order valence-electron chi connectivity index (χ3n) is 3.78. The maximum absolute atomic E-state index is 13.6. The number of benzene rings is 2. The highest BCUT2D eigenvalue weighted by Crippen LogP contribution is 2.22. The molecule has 0 unspecified atom stereocenters. The first-order chi connectivity index (χ1) is 11.9. The van der Waals surface area contributed by atoms with E-state index in [2.05, 4.69) is 5.32 Å². The molecule has 1 heterocycles. The van der Waals surface area contributed by atoms with E-state index >= 15 is 0 Å². The number of hydrogen-bond donors (Lipinski definition) is 2. The number of phenols is 1. The first-order valence-electron chi connectivity index (χ1n) is 7.56. The lowest BCUT2D eigenvalue weighted by Gasteiger charge is -2.06. The van der Waals surface area contributed by atoms with Crippen LogP contribution in [-0.2, 0) is 6.42 Å². The highest BCUT2D eigenvalue weighted by atomic mass is 19.1. The van der Waals surface area contributed by atoms with Crippen molar-refractivity contribution in [3.05, 3.63) is 82.8 Å². The smallest absolute Gasteiger partial charge is 0.291 e. The molecule has 6 heteroatoms. The number of carbonyl (C=O) groups is 1. The molecular weight excluding hydrogens is 328 g/mol. The summed E-state index contributed by atoms with van der Waals surface area (Å²) >= 11 is 0. The highest BCUT2D eigenvalue weighted by molar-refractivity contribution is 6.02. The minimum Gasteiger partial charge on any atom is -0.508 e. The average molecular weight is 343 g/mol. The Labute approximate surface area is 142 Å². The van der Waals surface area contributed by atoms with Crippen LogP contribution in [0.25, 0.3) is 0 Å². The van der Waals surface area contributed by atoms with Crippen molar-refractivity contribution in [2.75, 3.05) is 5.32 Å². The predicted molar refractivity (Wildman–Crippen MR) is 88.7 cm³/mol. The quantitative estimate of drug-likeness (QED) is 0.737. The fraction of sp³-hybridized carbons (Fsp3) is 0.105. The van der Waals surface area contributed by atoms with Gasteiger partial charge in [0.25, 0.3) is 5.91 Å². The van der Waals surface area contributed by atoms with Gasteiger partial charge in [0.05, 0.1) is 0 Å². The molecule has 0 bridgehead atoms. The van der Waals surface area contributed by atoms with Crippen LogP contribution in [0.3, 0.4) is 0 Å². The molecular formula is C19H15F2NO3. The summed E-state index contributed by atoms with van der Waals surface area (Å²) in [7, 11) is 0. The van der Waals surface area contributed by atoms with Crippen LogP contribution in [0.4, 0.5) is 14.5 Å². The van der Waals surface area contributed by atoms with E-state index < -0.39 is 23.2 Å². The number of para-hydroxylation sites is 1. The van der Waals surface area contributed by atoms with E-state index in [1.54, 1.807) is 24.3 Å². The number of nitrogens with one attached hydrogen (secondary N) is 1. The zero-order valence-corrected chi connectivity index (χ0v) is 13.3. The van der Waals surface area contributed by atoms with Crippen LogP contribution in [0.5, 0.6) is 5.75 Å². The fourth-order valence-electron chi connectivity index (χ4n) is 2.42. The molecule has 0 aliphatic rings. The van der Waals surface area contributed by atoms with Gasteiger partial charge < -0.3 is 14.8 Å². The fourth-order valence-corrected chi connectivity index (χ4v) is 2.42. The van der Waals surface area contributed by atoms with Gasteiger partial charge in [-0.2, -0.15) is 0 Å². The number of amides is 1. The average Bonchev–Trinajstić information content (AvgIpc) is 3.03. The van der Waals surface area contributed by atoms with Gasteiger partial charge in [-0.1, -0.05) is 12.1 Å². The molecule has 0 saturated carbocycles. The van der Waals surface area contributed by atoms with Gasteiger partial charge in [0, 0.05) is 6.42 Å². The van der Waals surface area contributed by atoms with Crippen LogP contribution in [0.1, 0.15) is 27.4 Å². The summed E-state index contributed by atoms with van der Waals surface area (Å²) in [6, 6.07) is 11.3. The normalized spacial score (nSPS) is 10.7. The Kier molecular flexibility index (Phi) is 4.52. The van der Waals surface area contributed by atoms with Gasteiger partial charge in [-0.05, 0) is 54.4 Å². The molecule has 3 aromatic rings. The van der Waals surface area contributed by atoms with E-state index in [0.717, 1.165) is 23.3 Å². The second-order valence-electron chi connectivity index (χ2n) is 5.60. The van der Waals surface area contributed by atoms with Gasteiger partial charge in [-0.25, -0.2) is 8.78 Å². The van der Waals surface area contributed by atoms with Gasteiger partial charge >= 0.3 is 0 Å². The number of hydrogen-bond acceptors (Lipinski definition) is 3. The maximum atomic E-state index is 13.6. The van der Waals surface area contributed by atoms with Crippen molar-refractivity contribution in [1.82, 2.24) is 0 Å².